The standard InChI is InChI=1S/C12H8O5S/c13-12(14)10-3-4-11(18-10)17-7-1-2-8-9(5-7)16-6-15-8/h1-5H,6H2,(H,13,14). The molecule has 6 heteroatoms. The zero-order valence-electron chi connectivity index (χ0n) is 9.08. The highest BCUT2D eigenvalue weighted by Gasteiger charge is 2.15. The van der Waals surface area contributed by atoms with E-state index in [-0.39, 0.29) is 11.7 Å². The Kier molecular flexibility index (Phi) is 2.56. The Morgan fingerprint density at radius 1 is 1.22 bits per heavy atom. The van der Waals surface area contributed by atoms with E-state index >= 15 is 0 Å². The van der Waals surface area contributed by atoms with Gasteiger partial charge in [-0.1, -0.05) is 11.3 Å². The summed E-state index contributed by atoms with van der Waals surface area (Å²) in [6.07, 6.45) is 0. The molecule has 2 heterocycles. The first-order valence-electron chi connectivity index (χ1n) is 5.13. The van der Waals surface area contributed by atoms with Gasteiger partial charge in [-0.05, 0) is 24.3 Å². The Labute approximate surface area is 106 Å². The van der Waals surface area contributed by atoms with Gasteiger partial charge in [0.1, 0.15) is 10.6 Å². The Morgan fingerprint density at radius 3 is 2.83 bits per heavy atom. The normalized spacial score (nSPS) is 12.4. The Hall–Kier alpha value is -2.21. The molecule has 5 nitrogen and oxygen atoms in total. The lowest BCUT2D eigenvalue weighted by atomic mass is 10.3. The SMILES string of the molecule is O=C(O)c1ccc(Oc2ccc3c(c2)OCO3)s1. The lowest BCUT2D eigenvalue weighted by Gasteiger charge is -2.03. The molecule has 1 aliphatic heterocycles. The molecule has 0 aliphatic carbocycles. The van der Waals surface area contributed by atoms with E-state index in [1.54, 1.807) is 24.3 Å². The third kappa shape index (κ3) is 1.98. The van der Waals surface area contributed by atoms with Crippen LogP contribution >= 0.6 is 11.3 Å². The number of thiophene rings is 1. The molecule has 18 heavy (non-hydrogen) atoms. The van der Waals surface area contributed by atoms with Crippen molar-refractivity contribution >= 4 is 17.3 Å². The van der Waals surface area contributed by atoms with Gasteiger partial charge in [0, 0.05) is 6.07 Å². The molecule has 0 saturated carbocycles. The van der Waals surface area contributed by atoms with Crippen LogP contribution < -0.4 is 14.2 Å². The molecule has 0 amide bonds. The zero-order chi connectivity index (χ0) is 12.5. The molecule has 0 fully saturated rings. The average Bonchev–Trinajstić information content (AvgIpc) is 2.96. The highest BCUT2D eigenvalue weighted by atomic mass is 32.1. The topological polar surface area (TPSA) is 65.0 Å². The minimum atomic E-state index is -0.958. The van der Waals surface area contributed by atoms with Gasteiger partial charge < -0.3 is 19.3 Å². The second kappa shape index (κ2) is 4.23. The minimum absolute atomic E-state index is 0.209. The van der Waals surface area contributed by atoms with Crippen molar-refractivity contribution in [1.29, 1.82) is 0 Å². The highest BCUT2D eigenvalue weighted by Crippen LogP contribution is 2.37. The smallest absolute Gasteiger partial charge is 0.345 e. The van der Waals surface area contributed by atoms with E-state index in [0.717, 1.165) is 11.3 Å². The summed E-state index contributed by atoms with van der Waals surface area (Å²) in [5, 5.41) is 9.33. The van der Waals surface area contributed by atoms with Crippen LogP contribution in [0.4, 0.5) is 0 Å². The molecule has 1 aromatic heterocycles. The van der Waals surface area contributed by atoms with Gasteiger partial charge in [0.05, 0.1) is 0 Å². The predicted octanol–water partition coefficient (Wildman–Crippen LogP) is 2.97. The molecule has 0 saturated heterocycles. The van der Waals surface area contributed by atoms with Crippen molar-refractivity contribution in [2.24, 2.45) is 0 Å². The number of benzene rings is 1. The second-order valence-corrected chi connectivity index (χ2v) is 4.59. The fourth-order valence-corrected chi connectivity index (χ4v) is 2.26. The van der Waals surface area contributed by atoms with Gasteiger partial charge in [0.15, 0.2) is 16.6 Å². The molecule has 2 aromatic rings. The summed E-state index contributed by atoms with van der Waals surface area (Å²) in [7, 11) is 0. The van der Waals surface area contributed by atoms with Gasteiger partial charge in [0.25, 0.3) is 0 Å². The maximum atomic E-state index is 10.7. The van der Waals surface area contributed by atoms with Crippen LogP contribution in [0, 0.1) is 0 Å². The van der Waals surface area contributed by atoms with E-state index in [4.69, 9.17) is 19.3 Å². The summed E-state index contributed by atoms with van der Waals surface area (Å²) < 4.78 is 16.0. The molecule has 1 N–H and O–H groups in total. The Bertz CT molecular complexity index is 604. The quantitative estimate of drug-likeness (QED) is 0.923. The monoisotopic (exact) mass is 264 g/mol. The van der Waals surface area contributed by atoms with Crippen LogP contribution in [0.5, 0.6) is 22.3 Å². The number of carboxylic acids is 1. The van der Waals surface area contributed by atoms with E-state index in [2.05, 4.69) is 0 Å². The van der Waals surface area contributed by atoms with Gasteiger partial charge >= 0.3 is 5.97 Å². The Morgan fingerprint density at radius 2 is 2.06 bits per heavy atom. The van der Waals surface area contributed by atoms with Crippen molar-refractivity contribution in [3.8, 4) is 22.3 Å². The molecule has 0 bridgehead atoms. The number of carboxylic acid groups (broad SMARTS) is 1. The number of ether oxygens (including phenoxy) is 3. The summed E-state index contributed by atoms with van der Waals surface area (Å²) in [6, 6.07) is 8.34. The van der Waals surface area contributed by atoms with Crippen LogP contribution in [0.1, 0.15) is 9.67 Å². The molecule has 0 spiro atoms. The summed E-state index contributed by atoms with van der Waals surface area (Å²) in [4.78, 5) is 11.0. The van der Waals surface area contributed by atoms with Crippen LogP contribution in [-0.2, 0) is 0 Å². The predicted molar refractivity (Wildman–Crippen MR) is 63.9 cm³/mol. The van der Waals surface area contributed by atoms with Gasteiger partial charge in [-0.3, -0.25) is 0 Å². The first-order chi connectivity index (χ1) is 8.72. The Balaban J connectivity index is 1.81. The number of hydrogen-bond acceptors (Lipinski definition) is 5. The van der Waals surface area contributed by atoms with Crippen LogP contribution in [0.3, 0.4) is 0 Å². The summed E-state index contributed by atoms with van der Waals surface area (Å²) >= 11 is 1.08. The molecule has 1 aliphatic rings. The zero-order valence-corrected chi connectivity index (χ0v) is 9.90. The third-order valence-corrected chi connectivity index (χ3v) is 3.31. The van der Waals surface area contributed by atoms with Gasteiger partial charge in [-0.2, -0.15) is 0 Å². The molecule has 0 atom stereocenters. The van der Waals surface area contributed by atoms with Crippen molar-refractivity contribution in [3.05, 3.63) is 35.2 Å². The summed E-state index contributed by atoms with van der Waals surface area (Å²) in [6.45, 7) is 0.209. The van der Waals surface area contributed by atoms with Crippen molar-refractivity contribution in [2.45, 2.75) is 0 Å². The largest absolute Gasteiger partial charge is 0.477 e. The number of carbonyl (C=O) groups is 1. The molecular weight excluding hydrogens is 256 g/mol. The van der Waals surface area contributed by atoms with E-state index in [1.165, 1.54) is 6.07 Å². The van der Waals surface area contributed by atoms with Crippen molar-refractivity contribution in [3.63, 3.8) is 0 Å². The van der Waals surface area contributed by atoms with Gasteiger partial charge in [0.2, 0.25) is 6.79 Å². The fraction of sp³-hybridized carbons (Fsp3) is 0.0833. The molecule has 3 rings (SSSR count). The van der Waals surface area contributed by atoms with Crippen molar-refractivity contribution < 1.29 is 24.1 Å². The maximum Gasteiger partial charge on any atom is 0.345 e. The number of hydrogen-bond donors (Lipinski definition) is 1. The minimum Gasteiger partial charge on any atom is -0.477 e. The van der Waals surface area contributed by atoms with E-state index in [1.807, 2.05) is 0 Å². The summed E-state index contributed by atoms with van der Waals surface area (Å²) in [5.74, 6) is 0.931. The number of rotatable bonds is 3. The van der Waals surface area contributed by atoms with E-state index < -0.39 is 5.97 Å². The number of aromatic carboxylic acids is 1. The van der Waals surface area contributed by atoms with Crippen LogP contribution in [-0.4, -0.2) is 17.9 Å². The fourth-order valence-electron chi connectivity index (χ4n) is 1.55. The first kappa shape index (κ1) is 10.9. The first-order valence-corrected chi connectivity index (χ1v) is 5.95. The van der Waals surface area contributed by atoms with Crippen LogP contribution in [0.25, 0.3) is 0 Å². The molecule has 0 radical (unpaired) electrons. The molecule has 92 valence electrons. The van der Waals surface area contributed by atoms with Crippen molar-refractivity contribution in [2.75, 3.05) is 6.79 Å². The molecular formula is C12H8O5S. The van der Waals surface area contributed by atoms with Crippen molar-refractivity contribution in [1.82, 2.24) is 0 Å². The maximum absolute atomic E-state index is 10.7. The number of fused-ring (bicyclic) bond motifs is 1. The van der Waals surface area contributed by atoms with Crippen LogP contribution in [0.15, 0.2) is 30.3 Å². The highest BCUT2D eigenvalue weighted by molar-refractivity contribution is 7.15. The lowest BCUT2D eigenvalue weighted by molar-refractivity contribution is 0.0702. The van der Waals surface area contributed by atoms with E-state index in [0.29, 0.717) is 22.3 Å². The molecule has 1 aromatic carbocycles. The average molecular weight is 264 g/mol. The van der Waals surface area contributed by atoms with Gasteiger partial charge in [-0.25, -0.2) is 4.79 Å². The second-order valence-electron chi connectivity index (χ2n) is 3.54. The summed E-state index contributed by atoms with van der Waals surface area (Å²) in [5.41, 5.74) is 0. The van der Waals surface area contributed by atoms with Gasteiger partial charge in [-0.15, -0.1) is 0 Å². The van der Waals surface area contributed by atoms with E-state index in [9.17, 15) is 4.79 Å². The third-order valence-electron chi connectivity index (χ3n) is 2.35. The lowest BCUT2D eigenvalue weighted by Crippen LogP contribution is -1.92. The van der Waals surface area contributed by atoms with Crippen LogP contribution in [0.2, 0.25) is 0 Å². The molecule has 0 unspecified atom stereocenters.